The summed E-state index contributed by atoms with van der Waals surface area (Å²) in [6.45, 7) is 6.90. The first-order valence-electron chi connectivity index (χ1n) is 5.52. The number of fused-ring (bicyclic) bond motifs is 1. The number of halogens is 1. The Morgan fingerprint density at radius 1 is 1.33 bits per heavy atom. The van der Waals surface area contributed by atoms with E-state index in [1.54, 1.807) is 0 Å². The summed E-state index contributed by atoms with van der Waals surface area (Å²) >= 11 is 3.52. The maximum atomic E-state index is 3.64. The largest absolute Gasteiger partial charge is 0.382 e. The lowest BCUT2D eigenvalue weighted by atomic mass is 9.81. The number of hydrogen-bond acceptors (Lipinski definition) is 1. The molecule has 1 atom stereocenters. The van der Waals surface area contributed by atoms with Gasteiger partial charge >= 0.3 is 0 Å². The first-order valence-corrected chi connectivity index (χ1v) is 6.31. The fraction of sp³-hybridized carbons (Fsp3) is 0.538. The van der Waals surface area contributed by atoms with Crippen molar-refractivity contribution in [2.24, 2.45) is 5.41 Å². The van der Waals surface area contributed by atoms with Gasteiger partial charge in [0.15, 0.2) is 0 Å². The van der Waals surface area contributed by atoms with Gasteiger partial charge in [0, 0.05) is 16.2 Å². The summed E-state index contributed by atoms with van der Waals surface area (Å²) in [5, 5.41) is 3.64. The maximum absolute atomic E-state index is 3.64. The molecule has 82 valence electrons. The van der Waals surface area contributed by atoms with Crippen molar-refractivity contribution in [3.63, 3.8) is 0 Å². The van der Waals surface area contributed by atoms with Crippen molar-refractivity contribution in [3.05, 3.63) is 28.2 Å². The van der Waals surface area contributed by atoms with Crippen LogP contribution in [-0.2, 0) is 6.42 Å². The minimum atomic E-state index is 0.338. The Morgan fingerprint density at radius 3 is 2.73 bits per heavy atom. The average Bonchev–Trinajstić information content (AvgIpc) is 2.15. The third-order valence-electron chi connectivity index (χ3n) is 3.14. The molecular formula is C13H18BrN. The highest BCUT2D eigenvalue weighted by Crippen LogP contribution is 2.34. The molecule has 0 amide bonds. The molecule has 1 heterocycles. The number of hydrogen-bond donors (Lipinski definition) is 1. The molecule has 2 heteroatoms. The first-order chi connectivity index (χ1) is 6.97. The van der Waals surface area contributed by atoms with Crippen molar-refractivity contribution < 1.29 is 0 Å². The van der Waals surface area contributed by atoms with E-state index in [0.717, 1.165) is 0 Å². The van der Waals surface area contributed by atoms with Gasteiger partial charge in [0.1, 0.15) is 0 Å². The third-order valence-corrected chi connectivity index (χ3v) is 3.64. The van der Waals surface area contributed by atoms with Gasteiger partial charge in [-0.2, -0.15) is 0 Å². The van der Waals surface area contributed by atoms with Crippen LogP contribution in [0.3, 0.4) is 0 Å². The predicted octanol–water partition coefficient (Wildman–Crippen LogP) is 4.22. The predicted molar refractivity (Wildman–Crippen MR) is 69.3 cm³/mol. The molecule has 0 aromatic heterocycles. The van der Waals surface area contributed by atoms with Crippen LogP contribution in [-0.4, -0.2) is 6.04 Å². The lowest BCUT2D eigenvalue weighted by molar-refractivity contribution is 0.321. The fourth-order valence-corrected chi connectivity index (χ4v) is 2.53. The zero-order chi connectivity index (χ0) is 11.1. The molecule has 2 rings (SSSR count). The van der Waals surface area contributed by atoms with Crippen molar-refractivity contribution in [2.45, 2.75) is 39.7 Å². The van der Waals surface area contributed by atoms with Gasteiger partial charge in [0.05, 0.1) is 0 Å². The van der Waals surface area contributed by atoms with Crippen molar-refractivity contribution in [3.8, 4) is 0 Å². The molecule has 0 fully saturated rings. The monoisotopic (exact) mass is 267 g/mol. The fourth-order valence-electron chi connectivity index (χ4n) is 2.12. The molecule has 15 heavy (non-hydrogen) atoms. The molecule has 1 N–H and O–H groups in total. The summed E-state index contributed by atoms with van der Waals surface area (Å²) in [6.07, 6.45) is 2.41. The second-order valence-corrected chi connectivity index (χ2v) is 6.32. The molecule has 0 bridgehead atoms. The van der Waals surface area contributed by atoms with E-state index in [9.17, 15) is 0 Å². The van der Waals surface area contributed by atoms with E-state index in [-0.39, 0.29) is 0 Å². The van der Waals surface area contributed by atoms with E-state index in [1.165, 1.54) is 28.6 Å². The molecule has 1 aliphatic heterocycles. The molecule has 1 unspecified atom stereocenters. The van der Waals surface area contributed by atoms with Crippen molar-refractivity contribution in [1.29, 1.82) is 0 Å². The van der Waals surface area contributed by atoms with E-state index in [1.807, 2.05) is 0 Å². The van der Waals surface area contributed by atoms with Crippen LogP contribution in [0.2, 0.25) is 0 Å². The Kier molecular flexibility index (Phi) is 2.80. The molecule has 0 radical (unpaired) electrons. The van der Waals surface area contributed by atoms with E-state index < -0.39 is 0 Å². The van der Waals surface area contributed by atoms with Gasteiger partial charge in [-0.25, -0.2) is 0 Å². The molecule has 0 saturated heterocycles. The van der Waals surface area contributed by atoms with Gasteiger partial charge < -0.3 is 5.32 Å². The Hall–Kier alpha value is -0.500. The van der Waals surface area contributed by atoms with E-state index >= 15 is 0 Å². The molecule has 1 nitrogen and oxygen atoms in total. The zero-order valence-corrected chi connectivity index (χ0v) is 11.2. The summed E-state index contributed by atoms with van der Waals surface area (Å²) < 4.78 is 1.18. The number of nitrogens with one attached hydrogen (secondary N) is 1. The molecule has 1 aromatic carbocycles. The van der Waals surface area contributed by atoms with Gasteiger partial charge in [-0.15, -0.1) is 0 Å². The molecule has 0 saturated carbocycles. The van der Waals surface area contributed by atoms with E-state index in [0.29, 0.717) is 11.5 Å². The highest BCUT2D eigenvalue weighted by molar-refractivity contribution is 9.10. The highest BCUT2D eigenvalue weighted by Gasteiger charge is 2.27. The lowest BCUT2D eigenvalue weighted by Crippen LogP contribution is -2.37. The molecule has 1 aromatic rings. The second kappa shape index (κ2) is 3.82. The molecular weight excluding hydrogens is 250 g/mol. The normalized spacial score (nSPS) is 20.7. The van der Waals surface area contributed by atoms with Crippen LogP contribution >= 0.6 is 15.9 Å². The molecule has 0 spiro atoms. The smallest absolute Gasteiger partial charge is 0.0375 e. The highest BCUT2D eigenvalue weighted by atomic mass is 79.9. The van der Waals surface area contributed by atoms with E-state index in [2.05, 4.69) is 60.2 Å². The summed E-state index contributed by atoms with van der Waals surface area (Å²) in [4.78, 5) is 0. The standard InChI is InChI=1S/C13H18BrN/c1-13(2,3)12-7-4-9-8-10(14)5-6-11(9)15-12/h5-6,8,12,15H,4,7H2,1-3H3. The second-order valence-electron chi connectivity index (χ2n) is 5.40. The lowest BCUT2D eigenvalue weighted by Gasteiger charge is -2.36. The van der Waals surface area contributed by atoms with E-state index in [4.69, 9.17) is 0 Å². The van der Waals surface area contributed by atoms with Crippen LogP contribution in [0.25, 0.3) is 0 Å². The van der Waals surface area contributed by atoms with Gasteiger partial charge in [0.25, 0.3) is 0 Å². The summed E-state index contributed by atoms with van der Waals surface area (Å²) in [6, 6.07) is 7.10. The van der Waals surface area contributed by atoms with Crippen LogP contribution in [0, 0.1) is 5.41 Å². The van der Waals surface area contributed by atoms with Crippen molar-refractivity contribution in [2.75, 3.05) is 5.32 Å². The Morgan fingerprint density at radius 2 is 2.07 bits per heavy atom. The van der Waals surface area contributed by atoms with Crippen LogP contribution < -0.4 is 5.32 Å². The molecule has 1 aliphatic rings. The Bertz CT molecular complexity index is 365. The van der Waals surface area contributed by atoms with Gasteiger partial charge in [-0.05, 0) is 42.0 Å². The SMILES string of the molecule is CC(C)(C)C1CCc2cc(Br)ccc2N1. The summed E-state index contributed by atoms with van der Waals surface area (Å²) in [7, 11) is 0. The Balaban J connectivity index is 2.24. The minimum Gasteiger partial charge on any atom is -0.382 e. The minimum absolute atomic E-state index is 0.338. The van der Waals surface area contributed by atoms with Gasteiger partial charge in [-0.1, -0.05) is 36.7 Å². The number of rotatable bonds is 0. The maximum Gasteiger partial charge on any atom is 0.0375 e. The van der Waals surface area contributed by atoms with Gasteiger partial charge in [0.2, 0.25) is 0 Å². The number of benzene rings is 1. The molecule has 0 aliphatic carbocycles. The third kappa shape index (κ3) is 2.36. The van der Waals surface area contributed by atoms with Crippen LogP contribution in [0.15, 0.2) is 22.7 Å². The van der Waals surface area contributed by atoms with Crippen molar-refractivity contribution in [1.82, 2.24) is 0 Å². The first kappa shape index (κ1) is 11.0. The topological polar surface area (TPSA) is 12.0 Å². The van der Waals surface area contributed by atoms with Gasteiger partial charge in [-0.3, -0.25) is 0 Å². The number of aryl methyl sites for hydroxylation is 1. The Labute approximate surface area is 100 Å². The average molecular weight is 268 g/mol. The number of anilines is 1. The summed E-state index contributed by atoms with van der Waals surface area (Å²) in [5.41, 5.74) is 3.08. The van der Waals surface area contributed by atoms with Crippen molar-refractivity contribution >= 4 is 21.6 Å². The van der Waals surface area contributed by atoms with Crippen LogP contribution in [0.1, 0.15) is 32.8 Å². The zero-order valence-electron chi connectivity index (χ0n) is 9.60. The summed E-state index contributed by atoms with van der Waals surface area (Å²) in [5.74, 6) is 0. The quantitative estimate of drug-likeness (QED) is 0.742. The van der Waals surface area contributed by atoms with Crippen LogP contribution in [0.5, 0.6) is 0 Å². The van der Waals surface area contributed by atoms with Crippen LogP contribution in [0.4, 0.5) is 5.69 Å².